The third-order valence-electron chi connectivity index (χ3n) is 5.34. The number of aryl methyl sites for hydroxylation is 1. The molecule has 0 aromatic carbocycles. The van der Waals surface area contributed by atoms with Crippen LogP contribution in [0.1, 0.15) is 36.2 Å². The van der Waals surface area contributed by atoms with Gasteiger partial charge in [0.1, 0.15) is 0 Å². The highest BCUT2D eigenvalue weighted by Gasteiger charge is 2.28. The Morgan fingerprint density at radius 3 is 2.62 bits per heavy atom. The lowest BCUT2D eigenvalue weighted by molar-refractivity contribution is -0.131. The van der Waals surface area contributed by atoms with Crippen LogP contribution in [0.15, 0.2) is 0 Å². The van der Waals surface area contributed by atoms with Gasteiger partial charge in [-0.3, -0.25) is 4.79 Å². The molecule has 1 saturated heterocycles. The van der Waals surface area contributed by atoms with Crippen molar-refractivity contribution < 1.29 is 9.53 Å². The predicted octanol–water partition coefficient (Wildman–Crippen LogP) is 1.35. The van der Waals surface area contributed by atoms with E-state index in [1.54, 1.807) is 0 Å². The summed E-state index contributed by atoms with van der Waals surface area (Å²) in [5, 5.41) is 0. The average Bonchev–Trinajstić information content (AvgIpc) is 3.42. The van der Waals surface area contributed by atoms with Gasteiger partial charge in [-0.1, -0.05) is 0 Å². The molecular weight excluding hydrogens is 304 g/mol. The van der Waals surface area contributed by atoms with Crippen molar-refractivity contribution in [2.24, 2.45) is 5.92 Å². The number of rotatable bonds is 3. The fourth-order valence-electron chi connectivity index (χ4n) is 3.62. The molecule has 1 amide bonds. The van der Waals surface area contributed by atoms with Crippen molar-refractivity contribution in [1.82, 2.24) is 14.9 Å². The molecule has 0 spiro atoms. The number of aromatic nitrogens is 2. The number of anilines is 1. The summed E-state index contributed by atoms with van der Waals surface area (Å²) in [4.78, 5) is 26.2. The maximum Gasteiger partial charge on any atom is 0.225 e. The minimum atomic E-state index is 0.323. The van der Waals surface area contributed by atoms with Gasteiger partial charge in [-0.05, 0) is 37.7 Å². The maximum absolute atomic E-state index is 12.4. The molecule has 1 aromatic heterocycles. The summed E-state index contributed by atoms with van der Waals surface area (Å²) in [5.74, 6) is 1.80. The molecule has 4 rings (SSSR count). The van der Waals surface area contributed by atoms with E-state index in [9.17, 15) is 4.79 Å². The van der Waals surface area contributed by atoms with Crippen LogP contribution in [0.3, 0.4) is 0 Å². The van der Waals surface area contributed by atoms with Crippen molar-refractivity contribution in [3.05, 3.63) is 17.0 Å². The summed E-state index contributed by atoms with van der Waals surface area (Å²) >= 11 is 0. The first-order valence-corrected chi connectivity index (χ1v) is 9.17. The lowest BCUT2D eigenvalue weighted by atomic mass is 10.1. The van der Waals surface area contributed by atoms with Gasteiger partial charge in [0.05, 0.1) is 18.9 Å². The number of amides is 1. The normalized spacial score (nSPS) is 21.4. The standard InChI is InChI=1S/C18H26N4O2/c1-13-15-4-6-21(17(23)12-14-2-3-14)7-5-16(15)20-18(19-13)22-8-10-24-11-9-22/h14H,2-12H2,1H3. The second-order valence-electron chi connectivity index (χ2n) is 7.16. The number of hydrogen-bond donors (Lipinski definition) is 0. The molecule has 1 aliphatic carbocycles. The molecule has 1 saturated carbocycles. The summed E-state index contributed by atoms with van der Waals surface area (Å²) in [7, 11) is 0. The minimum Gasteiger partial charge on any atom is -0.378 e. The molecule has 0 radical (unpaired) electrons. The van der Waals surface area contributed by atoms with Crippen molar-refractivity contribution in [2.45, 2.75) is 39.0 Å². The Morgan fingerprint density at radius 1 is 1.12 bits per heavy atom. The molecule has 2 fully saturated rings. The summed E-state index contributed by atoms with van der Waals surface area (Å²) < 4.78 is 5.42. The van der Waals surface area contributed by atoms with Crippen LogP contribution < -0.4 is 4.90 Å². The molecule has 2 aliphatic heterocycles. The molecule has 6 nitrogen and oxygen atoms in total. The third-order valence-corrected chi connectivity index (χ3v) is 5.34. The van der Waals surface area contributed by atoms with Crippen molar-refractivity contribution in [2.75, 3.05) is 44.3 Å². The average molecular weight is 330 g/mol. The summed E-state index contributed by atoms with van der Waals surface area (Å²) in [6, 6.07) is 0. The molecule has 1 aromatic rings. The van der Waals surface area contributed by atoms with Gasteiger partial charge >= 0.3 is 0 Å². The van der Waals surface area contributed by atoms with E-state index in [-0.39, 0.29) is 0 Å². The van der Waals surface area contributed by atoms with Crippen molar-refractivity contribution in [3.8, 4) is 0 Å². The number of hydrogen-bond acceptors (Lipinski definition) is 5. The molecule has 6 heteroatoms. The van der Waals surface area contributed by atoms with E-state index < -0.39 is 0 Å². The zero-order chi connectivity index (χ0) is 16.5. The Kier molecular flexibility index (Phi) is 4.39. The second kappa shape index (κ2) is 6.67. The highest BCUT2D eigenvalue weighted by atomic mass is 16.5. The summed E-state index contributed by atoms with van der Waals surface area (Å²) in [6.45, 7) is 6.85. The highest BCUT2D eigenvalue weighted by Crippen LogP contribution is 2.33. The van der Waals surface area contributed by atoms with Gasteiger partial charge < -0.3 is 14.5 Å². The van der Waals surface area contributed by atoms with Gasteiger partial charge in [-0.15, -0.1) is 0 Å². The first-order valence-electron chi connectivity index (χ1n) is 9.17. The first-order chi connectivity index (χ1) is 11.7. The summed E-state index contributed by atoms with van der Waals surface area (Å²) in [5.41, 5.74) is 3.44. The van der Waals surface area contributed by atoms with Crippen LogP contribution in [0.2, 0.25) is 0 Å². The fourth-order valence-corrected chi connectivity index (χ4v) is 3.62. The van der Waals surface area contributed by atoms with Gasteiger partial charge in [0, 0.05) is 44.7 Å². The number of fused-ring (bicyclic) bond motifs is 1. The molecular formula is C18H26N4O2. The molecule has 0 unspecified atom stereocenters. The van der Waals surface area contributed by atoms with Gasteiger partial charge in [-0.25, -0.2) is 9.97 Å². The number of ether oxygens (including phenoxy) is 1. The Morgan fingerprint density at radius 2 is 1.88 bits per heavy atom. The Bertz CT molecular complexity index is 624. The Balaban J connectivity index is 1.49. The van der Waals surface area contributed by atoms with Gasteiger partial charge in [0.2, 0.25) is 11.9 Å². The SMILES string of the molecule is Cc1nc(N2CCOCC2)nc2c1CCN(C(=O)CC1CC1)CC2. The number of morpholine rings is 1. The van der Waals surface area contributed by atoms with Crippen LogP contribution in [0.4, 0.5) is 5.95 Å². The van der Waals surface area contributed by atoms with Crippen LogP contribution in [0.5, 0.6) is 0 Å². The first kappa shape index (κ1) is 15.8. The van der Waals surface area contributed by atoms with E-state index in [1.807, 2.05) is 4.90 Å². The topological polar surface area (TPSA) is 58.6 Å². The molecule has 0 N–H and O–H groups in total. The lowest BCUT2D eigenvalue weighted by Gasteiger charge is -2.27. The largest absolute Gasteiger partial charge is 0.378 e. The zero-order valence-electron chi connectivity index (χ0n) is 14.5. The Hall–Kier alpha value is -1.69. The zero-order valence-corrected chi connectivity index (χ0v) is 14.5. The summed E-state index contributed by atoms with van der Waals surface area (Å²) in [6.07, 6.45) is 4.91. The number of carbonyl (C=O) groups is 1. The van der Waals surface area contributed by atoms with Gasteiger partial charge in [-0.2, -0.15) is 0 Å². The minimum absolute atomic E-state index is 0.323. The molecule has 130 valence electrons. The van der Waals surface area contributed by atoms with Crippen LogP contribution in [-0.4, -0.2) is 60.2 Å². The second-order valence-corrected chi connectivity index (χ2v) is 7.16. The van der Waals surface area contributed by atoms with Crippen molar-refractivity contribution >= 4 is 11.9 Å². The van der Waals surface area contributed by atoms with E-state index >= 15 is 0 Å². The molecule has 0 bridgehead atoms. The van der Waals surface area contributed by atoms with Crippen molar-refractivity contribution in [3.63, 3.8) is 0 Å². The van der Waals surface area contributed by atoms with E-state index in [2.05, 4.69) is 11.8 Å². The van der Waals surface area contributed by atoms with Crippen LogP contribution in [-0.2, 0) is 22.4 Å². The number of carbonyl (C=O) groups excluding carboxylic acids is 1. The van der Waals surface area contributed by atoms with E-state index in [1.165, 1.54) is 18.4 Å². The van der Waals surface area contributed by atoms with Crippen LogP contribution in [0, 0.1) is 12.8 Å². The van der Waals surface area contributed by atoms with E-state index in [0.29, 0.717) is 11.8 Å². The molecule has 0 atom stereocenters. The highest BCUT2D eigenvalue weighted by molar-refractivity contribution is 5.76. The Labute approximate surface area is 143 Å². The third kappa shape index (κ3) is 3.38. The van der Waals surface area contributed by atoms with Crippen molar-refractivity contribution in [1.29, 1.82) is 0 Å². The fraction of sp³-hybridized carbons (Fsp3) is 0.722. The van der Waals surface area contributed by atoms with Crippen LogP contribution >= 0.6 is 0 Å². The lowest BCUT2D eigenvalue weighted by Crippen LogP contribution is -2.37. The molecule has 3 aliphatic rings. The maximum atomic E-state index is 12.4. The van der Waals surface area contributed by atoms with E-state index in [4.69, 9.17) is 14.7 Å². The van der Waals surface area contributed by atoms with E-state index in [0.717, 1.165) is 76.0 Å². The monoisotopic (exact) mass is 330 g/mol. The van der Waals surface area contributed by atoms with Gasteiger partial charge in [0.25, 0.3) is 0 Å². The molecule has 3 heterocycles. The van der Waals surface area contributed by atoms with Gasteiger partial charge in [0.15, 0.2) is 0 Å². The predicted molar refractivity (Wildman–Crippen MR) is 91.1 cm³/mol. The molecule has 24 heavy (non-hydrogen) atoms. The smallest absolute Gasteiger partial charge is 0.225 e. The number of nitrogens with zero attached hydrogens (tertiary/aromatic N) is 4. The quantitative estimate of drug-likeness (QED) is 0.837. The van der Waals surface area contributed by atoms with Crippen LogP contribution in [0.25, 0.3) is 0 Å².